The van der Waals surface area contributed by atoms with Gasteiger partial charge in [0.1, 0.15) is 0 Å². The fourth-order valence-corrected chi connectivity index (χ4v) is 5.15. The number of aromatic amines is 1. The number of aromatic nitrogens is 4. The summed E-state index contributed by atoms with van der Waals surface area (Å²) in [5, 5.41) is 11.0. The van der Waals surface area contributed by atoms with Crippen LogP contribution in [0.3, 0.4) is 0 Å². The van der Waals surface area contributed by atoms with Gasteiger partial charge in [0, 0.05) is 49.9 Å². The van der Waals surface area contributed by atoms with Crippen LogP contribution in [0, 0.1) is 17.8 Å². The Bertz CT molecular complexity index is 1030. The van der Waals surface area contributed by atoms with E-state index in [1.165, 1.54) is 0 Å². The molecule has 0 radical (unpaired) electrons. The Labute approximate surface area is 174 Å². The molecule has 3 atom stereocenters. The Morgan fingerprint density at radius 3 is 2.80 bits per heavy atom. The molecule has 30 heavy (non-hydrogen) atoms. The number of fused-ring (bicyclic) bond motifs is 3. The molecule has 0 spiro atoms. The van der Waals surface area contributed by atoms with E-state index in [0.29, 0.717) is 25.2 Å². The highest BCUT2D eigenvalue weighted by Gasteiger charge is 2.46. The second-order valence-electron chi connectivity index (χ2n) is 8.42. The van der Waals surface area contributed by atoms with Crippen LogP contribution in [0.15, 0.2) is 43.1 Å². The SMILES string of the molecule is O=C(NCCCn1ccnc1)C1[C@@H]2CC[C@H]1CN(C(=O)c1cccc3[nH]ncc13)C2. The first-order valence-electron chi connectivity index (χ1n) is 10.7. The zero-order chi connectivity index (χ0) is 20.5. The molecule has 3 heterocycles. The Balaban J connectivity index is 1.20. The van der Waals surface area contributed by atoms with Crippen molar-refractivity contribution in [1.82, 2.24) is 30.0 Å². The Kier molecular flexibility index (Phi) is 4.98. The number of carbonyl (C=O) groups is 2. The predicted octanol–water partition coefficient (Wildman–Crippen LogP) is 2.06. The van der Waals surface area contributed by atoms with Gasteiger partial charge in [-0.25, -0.2) is 4.98 Å². The highest BCUT2D eigenvalue weighted by molar-refractivity contribution is 6.06. The van der Waals surface area contributed by atoms with E-state index in [2.05, 4.69) is 20.5 Å². The smallest absolute Gasteiger partial charge is 0.254 e. The third kappa shape index (κ3) is 3.46. The molecule has 1 aliphatic carbocycles. The van der Waals surface area contributed by atoms with Gasteiger partial charge < -0.3 is 14.8 Å². The molecular weight excluding hydrogens is 380 g/mol. The maximum absolute atomic E-state index is 13.2. The normalized spacial score (nSPS) is 23.1. The fourth-order valence-electron chi connectivity index (χ4n) is 5.15. The molecule has 3 aromatic rings. The first-order valence-corrected chi connectivity index (χ1v) is 10.7. The first-order chi connectivity index (χ1) is 14.7. The van der Waals surface area contributed by atoms with Crippen molar-refractivity contribution in [2.75, 3.05) is 19.6 Å². The highest BCUT2D eigenvalue weighted by Crippen LogP contribution is 2.42. The van der Waals surface area contributed by atoms with E-state index in [0.717, 1.165) is 36.7 Å². The summed E-state index contributed by atoms with van der Waals surface area (Å²) in [6.07, 6.45) is 10.1. The summed E-state index contributed by atoms with van der Waals surface area (Å²) >= 11 is 0. The average molecular weight is 406 g/mol. The van der Waals surface area contributed by atoms with E-state index in [1.54, 1.807) is 18.7 Å². The molecule has 1 unspecified atom stereocenters. The van der Waals surface area contributed by atoms with Crippen molar-refractivity contribution in [1.29, 1.82) is 0 Å². The van der Waals surface area contributed by atoms with Gasteiger partial charge >= 0.3 is 0 Å². The predicted molar refractivity (Wildman–Crippen MR) is 112 cm³/mol. The number of likely N-dealkylation sites (tertiary alicyclic amines) is 1. The average Bonchev–Trinajstić information content (AvgIpc) is 3.50. The van der Waals surface area contributed by atoms with Crippen molar-refractivity contribution in [2.24, 2.45) is 17.8 Å². The molecule has 5 rings (SSSR count). The number of aryl methyl sites for hydroxylation is 1. The molecular formula is C22H26N6O2. The number of hydrogen-bond acceptors (Lipinski definition) is 4. The van der Waals surface area contributed by atoms with Gasteiger partial charge in [0.05, 0.1) is 23.6 Å². The second kappa shape index (κ2) is 7.93. The topological polar surface area (TPSA) is 95.9 Å². The monoisotopic (exact) mass is 406 g/mol. The van der Waals surface area contributed by atoms with Crippen LogP contribution in [-0.2, 0) is 11.3 Å². The molecule has 8 heteroatoms. The zero-order valence-electron chi connectivity index (χ0n) is 16.8. The van der Waals surface area contributed by atoms with Crippen molar-refractivity contribution < 1.29 is 9.59 Å². The number of nitrogens with zero attached hydrogens (tertiary/aromatic N) is 4. The largest absolute Gasteiger partial charge is 0.356 e. The lowest BCUT2D eigenvalue weighted by Gasteiger charge is -2.37. The van der Waals surface area contributed by atoms with Gasteiger partial charge in [-0.3, -0.25) is 14.7 Å². The van der Waals surface area contributed by atoms with Gasteiger partial charge in [-0.2, -0.15) is 5.10 Å². The van der Waals surface area contributed by atoms with Crippen molar-refractivity contribution in [2.45, 2.75) is 25.8 Å². The third-order valence-corrected chi connectivity index (χ3v) is 6.59. The molecule has 1 saturated heterocycles. The van der Waals surface area contributed by atoms with Crippen LogP contribution in [0.5, 0.6) is 0 Å². The Morgan fingerprint density at radius 1 is 1.20 bits per heavy atom. The minimum absolute atomic E-state index is 0.0204. The van der Waals surface area contributed by atoms with Gasteiger partial charge in [0.2, 0.25) is 5.91 Å². The van der Waals surface area contributed by atoms with Crippen LogP contribution in [-0.4, -0.2) is 56.1 Å². The van der Waals surface area contributed by atoms with Crippen molar-refractivity contribution >= 4 is 22.7 Å². The first kappa shape index (κ1) is 18.8. The lowest BCUT2D eigenvalue weighted by atomic mass is 9.84. The Hall–Kier alpha value is -3.16. The number of piperidine rings is 1. The van der Waals surface area contributed by atoms with Crippen molar-refractivity contribution in [3.63, 3.8) is 0 Å². The quantitative estimate of drug-likeness (QED) is 0.613. The molecule has 2 bridgehead atoms. The van der Waals surface area contributed by atoms with Crippen LogP contribution in [0.1, 0.15) is 29.6 Å². The number of imidazole rings is 1. The number of benzene rings is 1. The van der Waals surface area contributed by atoms with E-state index in [1.807, 2.05) is 33.9 Å². The van der Waals surface area contributed by atoms with Crippen LogP contribution >= 0.6 is 0 Å². The van der Waals surface area contributed by atoms with Gasteiger partial charge in [0.25, 0.3) is 5.91 Å². The van der Waals surface area contributed by atoms with Gasteiger partial charge in [-0.05, 0) is 43.2 Å². The number of H-pyrrole nitrogens is 1. The molecule has 156 valence electrons. The second-order valence-corrected chi connectivity index (χ2v) is 8.42. The summed E-state index contributed by atoms with van der Waals surface area (Å²) in [4.78, 5) is 32.0. The zero-order valence-corrected chi connectivity index (χ0v) is 16.8. The molecule has 8 nitrogen and oxygen atoms in total. The summed E-state index contributed by atoms with van der Waals surface area (Å²) in [5.41, 5.74) is 1.55. The molecule has 1 aromatic carbocycles. The summed E-state index contributed by atoms with van der Waals surface area (Å²) in [6, 6.07) is 5.67. The number of carbonyl (C=O) groups excluding carboxylic acids is 2. The minimum atomic E-state index is 0.0204. The van der Waals surface area contributed by atoms with Gasteiger partial charge in [-0.1, -0.05) is 6.07 Å². The van der Waals surface area contributed by atoms with Crippen LogP contribution < -0.4 is 5.32 Å². The molecule has 2 N–H and O–H groups in total. The van der Waals surface area contributed by atoms with Gasteiger partial charge in [0.15, 0.2) is 0 Å². The summed E-state index contributed by atoms with van der Waals surface area (Å²) in [5.74, 6) is 0.692. The van der Waals surface area contributed by atoms with E-state index >= 15 is 0 Å². The molecule has 2 aromatic heterocycles. The number of nitrogens with one attached hydrogen (secondary N) is 2. The standard InChI is InChI=1S/C22H26N6O2/c29-21(24-7-2-9-27-10-8-23-14-27)20-15-5-6-16(20)13-28(12-15)22(30)17-3-1-4-19-18(17)11-25-26-19/h1,3-4,8,10-11,14-16,20H,2,5-7,9,12-13H2,(H,24,29)(H,25,26)/t15-,16+,20?. The minimum Gasteiger partial charge on any atom is -0.356 e. The van der Waals surface area contributed by atoms with Crippen LogP contribution in [0.2, 0.25) is 0 Å². The lowest BCUT2D eigenvalue weighted by Crippen LogP contribution is -2.50. The molecule has 2 aliphatic rings. The summed E-state index contributed by atoms with van der Waals surface area (Å²) < 4.78 is 2.01. The molecule has 1 saturated carbocycles. The van der Waals surface area contributed by atoms with Crippen LogP contribution in [0.4, 0.5) is 0 Å². The lowest BCUT2D eigenvalue weighted by molar-refractivity contribution is -0.129. The molecule has 2 fully saturated rings. The van der Waals surface area contributed by atoms with E-state index in [9.17, 15) is 9.59 Å². The maximum atomic E-state index is 13.2. The highest BCUT2D eigenvalue weighted by atomic mass is 16.2. The summed E-state index contributed by atoms with van der Waals surface area (Å²) in [6.45, 7) is 2.81. The van der Waals surface area contributed by atoms with Gasteiger partial charge in [-0.15, -0.1) is 0 Å². The number of amides is 2. The fraction of sp³-hybridized carbons (Fsp3) is 0.455. The Morgan fingerprint density at radius 2 is 2.03 bits per heavy atom. The third-order valence-electron chi connectivity index (χ3n) is 6.59. The van der Waals surface area contributed by atoms with E-state index in [-0.39, 0.29) is 29.6 Å². The van der Waals surface area contributed by atoms with Crippen molar-refractivity contribution in [3.05, 3.63) is 48.7 Å². The molecule has 1 aliphatic heterocycles. The maximum Gasteiger partial charge on any atom is 0.254 e. The number of rotatable bonds is 6. The van der Waals surface area contributed by atoms with E-state index in [4.69, 9.17) is 0 Å². The van der Waals surface area contributed by atoms with Crippen LogP contribution in [0.25, 0.3) is 10.9 Å². The van der Waals surface area contributed by atoms with E-state index < -0.39 is 0 Å². The van der Waals surface area contributed by atoms with Crippen molar-refractivity contribution in [3.8, 4) is 0 Å². The number of hydrogen-bond donors (Lipinski definition) is 2. The summed E-state index contributed by atoms with van der Waals surface area (Å²) in [7, 11) is 0. The molecule has 2 amide bonds.